The van der Waals surface area contributed by atoms with E-state index in [0.717, 1.165) is 12.8 Å². The molecule has 0 aliphatic heterocycles. The van der Waals surface area contributed by atoms with E-state index in [0.29, 0.717) is 31.1 Å². The van der Waals surface area contributed by atoms with E-state index in [1.54, 1.807) is 16.9 Å². The number of nitrogens with zero attached hydrogens (tertiary/aromatic N) is 4. The van der Waals surface area contributed by atoms with E-state index in [1.807, 2.05) is 0 Å². The van der Waals surface area contributed by atoms with E-state index in [1.165, 1.54) is 12.5 Å². The zero-order valence-corrected chi connectivity index (χ0v) is 18.0. The number of ketones is 1. The second-order valence-corrected chi connectivity index (χ2v) is 9.25. The third kappa shape index (κ3) is 5.89. The first-order valence-corrected chi connectivity index (χ1v) is 11.7. The van der Waals surface area contributed by atoms with Crippen molar-refractivity contribution in [2.45, 2.75) is 44.4 Å². The molecule has 2 aliphatic carbocycles. The first-order chi connectivity index (χ1) is 15.3. The average Bonchev–Trinajstić information content (AvgIpc) is 3.32. The molecule has 0 unspecified atom stereocenters. The third-order valence-corrected chi connectivity index (χ3v) is 5.86. The monoisotopic (exact) mass is 460 g/mol. The average molecular weight is 461 g/mol. The van der Waals surface area contributed by atoms with Gasteiger partial charge >= 0.3 is 10.3 Å². The highest BCUT2D eigenvalue weighted by Crippen LogP contribution is 2.30. The lowest BCUT2D eigenvalue weighted by Crippen LogP contribution is -2.24. The second-order valence-electron chi connectivity index (χ2n) is 8.03. The standard InChI is InChI=1S/C20H24N6O5S/c21-32(29,30)31-11-14-8-15(9-18(14)27)24-20-16(10-22-12-23-20)19(28)17-5-7-26(25-17)6-1-2-13-3-4-13/h5,7,10,12-15,18,27H,3-4,6,8-9,11H2,(H2,21,29,30)(H,22,23,24)/t14-,15-,18+/m1/s1. The fourth-order valence-electron chi connectivity index (χ4n) is 3.59. The predicted molar refractivity (Wildman–Crippen MR) is 113 cm³/mol. The maximum Gasteiger partial charge on any atom is 0.333 e. The lowest BCUT2D eigenvalue weighted by Gasteiger charge is -2.15. The van der Waals surface area contributed by atoms with Crippen molar-refractivity contribution in [1.29, 1.82) is 0 Å². The van der Waals surface area contributed by atoms with Gasteiger partial charge in [0.1, 0.15) is 24.4 Å². The van der Waals surface area contributed by atoms with Crippen LogP contribution in [0, 0.1) is 23.7 Å². The van der Waals surface area contributed by atoms with Gasteiger partial charge in [-0.25, -0.2) is 15.1 Å². The van der Waals surface area contributed by atoms with Crippen LogP contribution in [0.25, 0.3) is 0 Å². The second kappa shape index (κ2) is 9.33. The minimum Gasteiger partial charge on any atom is -0.393 e. The van der Waals surface area contributed by atoms with E-state index in [9.17, 15) is 18.3 Å². The van der Waals surface area contributed by atoms with Gasteiger partial charge in [-0.2, -0.15) is 13.5 Å². The number of aliphatic hydroxyl groups excluding tert-OH is 1. The molecule has 4 rings (SSSR count). The summed E-state index contributed by atoms with van der Waals surface area (Å²) in [5.74, 6) is 6.28. The topological polar surface area (TPSA) is 162 Å². The molecule has 2 fully saturated rings. The molecule has 11 nitrogen and oxygen atoms in total. The number of aliphatic hydroxyl groups is 1. The van der Waals surface area contributed by atoms with Crippen LogP contribution in [-0.4, -0.2) is 57.8 Å². The summed E-state index contributed by atoms with van der Waals surface area (Å²) >= 11 is 0. The molecular formula is C20H24N6O5S. The van der Waals surface area contributed by atoms with Gasteiger partial charge in [0.05, 0.1) is 18.3 Å². The Hall–Kier alpha value is -2.85. The van der Waals surface area contributed by atoms with Gasteiger partial charge < -0.3 is 10.4 Å². The summed E-state index contributed by atoms with van der Waals surface area (Å²) in [6.45, 7) is 0.205. The van der Waals surface area contributed by atoms with Crippen molar-refractivity contribution in [2.75, 3.05) is 11.9 Å². The first-order valence-electron chi connectivity index (χ1n) is 10.3. The summed E-state index contributed by atoms with van der Waals surface area (Å²) in [7, 11) is -4.08. The SMILES string of the molecule is NS(=O)(=O)OC[C@H]1C[C@@H](Nc2ncncc2C(=O)c2ccn(CC#CC3CC3)n2)C[C@@H]1O. The number of rotatable bonds is 8. The number of carbonyl (C=O) groups excluding carboxylic acids is 1. The zero-order valence-electron chi connectivity index (χ0n) is 17.2. The molecule has 2 heterocycles. The van der Waals surface area contributed by atoms with Gasteiger partial charge in [0.2, 0.25) is 5.78 Å². The molecule has 3 atom stereocenters. The number of hydrogen-bond donors (Lipinski definition) is 3. The number of carbonyl (C=O) groups is 1. The molecule has 2 aliphatic rings. The van der Waals surface area contributed by atoms with Gasteiger partial charge in [0.15, 0.2) is 0 Å². The van der Waals surface area contributed by atoms with Gasteiger partial charge in [0.25, 0.3) is 0 Å². The molecule has 2 saturated carbocycles. The Morgan fingerprint density at radius 1 is 1.38 bits per heavy atom. The molecule has 2 aromatic rings. The Labute approximate surface area is 185 Å². The van der Waals surface area contributed by atoms with E-state index in [4.69, 9.17) is 5.14 Å². The van der Waals surface area contributed by atoms with Crippen LogP contribution in [0.1, 0.15) is 41.7 Å². The lowest BCUT2D eigenvalue weighted by molar-refractivity contribution is 0.101. The van der Waals surface area contributed by atoms with Gasteiger partial charge in [0, 0.05) is 30.3 Å². The number of nitrogens with one attached hydrogen (secondary N) is 1. The van der Waals surface area contributed by atoms with Crippen LogP contribution in [0.2, 0.25) is 0 Å². The number of anilines is 1. The largest absolute Gasteiger partial charge is 0.393 e. The predicted octanol–water partition coefficient (Wildman–Crippen LogP) is 0.0890. The molecule has 0 aromatic carbocycles. The zero-order chi connectivity index (χ0) is 22.7. The first kappa shape index (κ1) is 22.3. The van der Waals surface area contributed by atoms with Crippen LogP contribution in [0.15, 0.2) is 24.8 Å². The Morgan fingerprint density at radius 3 is 2.94 bits per heavy atom. The number of hydrogen-bond acceptors (Lipinski definition) is 9. The Balaban J connectivity index is 1.41. The molecule has 0 saturated heterocycles. The van der Waals surface area contributed by atoms with Crippen molar-refractivity contribution < 1.29 is 22.5 Å². The van der Waals surface area contributed by atoms with Gasteiger partial charge in [-0.15, -0.1) is 0 Å². The highest BCUT2D eigenvalue weighted by Gasteiger charge is 2.34. The van der Waals surface area contributed by atoms with Crippen molar-refractivity contribution in [3.8, 4) is 11.8 Å². The van der Waals surface area contributed by atoms with Crippen molar-refractivity contribution in [3.63, 3.8) is 0 Å². The van der Waals surface area contributed by atoms with Crippen LogP contribution >= 0.6 is 0 Å². The van der Waals surface area contributed by atoms with Crippen LogP contribution < -0.4 is 10.5 Å². The minimum absolute atomic E-state index is 0.213. The molecular weight excluding hydrogens is 436 g/mol. The number of nitrogens with two attached hydrogens (primary N) is 1. The summed E-state index contributed by atoms with van der Waals surface area (Å²) in [4.78, 5) is 21.1. The maximum absolute atomic E-state index is 13.0. The van der Waals surface area contributed by atoms with Crippen LogP contribution in [0.5, 0.6) is 0 Å². The normalized spacial score (nSPS) is 22.9. The summed E-state index contributed by atoms with van der Waals surface area (Å²) in [6.07, 6.45) is 6.72. The van der Waals surface area contributed by atoms with Gasteiger partial charge in [-0.1, -0.05) is 11.8 Å². The molecule has 32 heavy (non-hydrogen) atoms. The quantitative estimate of drug-likeness (QED) is 0.366. The molecule has 0 radical (unpaired) electrons. The summed E-state index contributed by atoms with van der Waals surface area (Å²) in [5, 5.41) is 22.5. The van der Waals surface area contributed by atoms with Crippen molar-refractivity contribution in [2.24, 2.45) is 17.0 Å². The molecule has 0 amide bonds. The third-order valence-electron chi connectivity index (χ3n) is 5.40. The van der Waals surface area contributed by atoms with Crippen molar-refractivity contribution in [1.82, 2.24) is 19.7 Å². The summed E-state index contributed by atoms with van der Waals surface area (Å²) < 4.78 is 28.2. The van der Waals surface area contributed by atoms with Crippen LogP contribution in [0.4, 0.5) is 5.82 Å². The molecule has 2 aromatic heterocycles. The van der Waals surface area contributed by atoms with Gasteiger partial charge in [-0.05, 0) is 31.7 Å². The van der Waals surface area contributed by atoms with Crippen LogP contribution in [-0.2, 0) is 21.0 Å². The fraction of sp³-hybridized carbons (Fsp3) is 0.500. The minimum atomic E-state index is -4.08. The number of aromatic nitrogens is 4. The van der Waals surface area contributed by atoms with E-state index in [-0.39, 0.29) is 29.7 Å². The molecule has 4 N–H and O–H groups in total. The summed E-state index contributed by atoms with van der Waals surface area (Å²) in [6, 6.07) is 1.38. The lowest BCUT2D eigenvalue weighted by atomic mass is 10.1. The molecule has 170 valence electrons. The molecule has 0 bridgehead atoms. The highest BCUT2D eigenvalue weighted by atomic mass is 32.2. The van der Waals surface area contributed by atoms with Crippen molar-refractivity contribution >= 4 is 21.9 Å². The summed E-state index contributed by atoms with van der Waals surface area (Å²) in [5.41, 5.74) is 0.502. The Bertz CT molecular complexity index is 1150. The van der Waals surface area contributed by atoms with E-state index < -0.39 is 22.3 Å². The van der Waals surface area contributed by atoms with Crippen molar-refractivity contribution in [3.05, 3.63) is 36.0 Å². The molecule has 0 spiro atoms. The smallest absolute Gasteiger partial charge is 0.333 e. The van der Waals surface area contributed by atoms with Crippen LogP contribution in [0.3, 0.4) is 0 Å². The van der Waals surface area contributed by atoms with Gasteiger partial charge in [-0.3, -0.25) is 13.7 Å². The Morgan fingerprint density at radius 2 is 2.19 bits per heavy atom. The van der Waals surface area contributed by atoms with E-state index >= 15 is 0 Å². The Kier molecular flexibility index (Phi) is 6.52. The molecule has 12 heteroatoms. The fourth-order valence-corrected chi connectivity index (χ4v) is 3.96. The highest BCUT2D eigenvalue weighted by molar-refractivity contribution is 7.84. The maximum atomic E-state index is 13.0. The van der Waals surface area contributed by atoms with E-state index in [2.05, 4.69) is 36.4 Å².